The maximum atomic E-state index is 11.3. The van der Waals surface area contributed by atoms with Crippen LogP contribution in [0.25, 0.3) is 22.8 Å². The summed E-state index contributed by atoms with van der Waals surface area (Å²) >= 11 is 0. The number of imidazole rings is 1. The number of benzene rings is 2. The zero-order valence-corrected chi connectivity index (χ0v) is 16.4. The standard InChI is InChI=1S/C22H19N5O3/c1-14-21(15-6-4-3-5-7-15)26-22(25-14)19-12-17(10-11-24-19)30-16-8-9-18(23-2)20(13-16)27(28)29/h3-13,23H,1-2H3,(H,25,26). The van der Waals surface area contributed by atoms with Gasteiger partial charge in [-0.1, -0.05) is 30.3 Å². The van der Waals surface area contributed by atoms with Crippen molar-refractivity contribution in [1.82, 2.24) is 15.0 Å². The van der Waals surface area contributed by atoms with E-state index in [1.165, 1.54) is 6.07 Å². The van der Waals surface area contributed by atoms with Gasteiger partial charge >= 0.3 is 0 Å². The highest BCUT2D eigenvalue weighted by Gasteiger charge is 2.15. The molecule has 4 aromatic rings. The molecular formula is C22H19N5O3. The van der Waals surface area contributed by atoms with Crippen molar-refractivity contribution in [3.05, 3.63) is 82.7 Å². The highest BCUT2D eigenvalue weighted by Crippen LogP contribution is 2.32. The molecule has 0 atom stereocenters. The summed E-state index contributed by atoms with van der Waals surface area (Å²) in [7, 11) is 1.63. The number of hydrogen-bond donors (Lipinski definition) is 2. The fraction of sp³-hybridized carbons (Fsp3) is 0.0909. The lowest BCUT2D eigenvalue weighted by Crippen LogP contribution is -1.97. The third kappa shape index (κ3) is 3.83. The molecular weight excluding hydrogens is 382 g/mol. The van der Waals surface area contributed by atoms with Gasteiger partial charge in [-0.05, 0) is 25.1 Å². The maximum Gasteiger partial charge on any atom is 0.296 e. The molecule has 2 aromatic heterocycles. The van der Waals surface area contributed by atoms with E-state index in [1.807, 2.05) is 37.3 Å². The number of aromatic nitrogens is 3. The van der Waals surface area contributed by atoms with E-state index >= 15 is 0 Å². The zero-order valence-electron chi connectivity index (χ0n) is 16.4. The third-order valence-corrected chi connectivity index (χ3v) is 4.58. The van der Waals surface area contributed by atoms with Gasteiger partial charge < -0.3 is 15.0 Å². The second-order valence-electron chi connectivity index (χ2n) is 6.59. The highest BCUT2D eigenvalue weighted by atomic mass is 16.6. The van der Waals surface area contributed by atoms with Crippen molar-refractivity contribution >= 4 is 11.4 Å². The Morgan fingerprint density at radius 3 is 2.57 bits per heavy atom. The Labute approximate surface area is 172 Å². The van der Waals surface area contributed by atoms with E-state index in [-0.39, 0.29) is 5.69 Å². The quantitative estimate of drug-likeness (QED) is 0.340. The smallest absolute Gasteiger partial charge is 0.296 e. The molecule has 0 fully saturated rings. The minimum Gasteiger partial charge on any atom is -0.457 e. The lowest BCUT2D eigenvalue weighted by atomic mass is 10.1. The molecule has 150 valence electrons. The molecule has 0 bridgehead atoms. The number of H-pyrrole nitrogens is 1. The summed E-state index contributed by atoms with van der Waals surface area (Å²) in [4.78, 5) is 23.1. The van der Waals surface area contributed by atoms with Crippen LogP contribution in [0.2, 0.25) is 0 Å². The van der Waals surface area contributed by atoms with Gasteiger partial charge in [0.2, 0.25) is 0 Å². The summed E-state index contributed by atoms with van der Waals surface area (Å²) in [5.41, 5.74) is 3.78. The van der Waals surface area contributed by atoms with Gasteiger partial charge in [0, 0.05) is 30.6 Å². The van der Waals surface area contributed by atoms with Crippen molar-refractivity contribution in [1.29, 1.82) is 0 Å². The normalized spacial score (nSPS) is 10.6. The van der Waals surface area contributed by atoms with Crippen LogP contribution in [0.1, 0.15) is 5.69 Å². The van der Waals surface area contributed by atoms with Crippen LogP contribution in [0.4, 0.5) is 11.4 Å². The van der Waals surface area contributed by atoms with Gasteiger partial charge in [-0.15, -0.1) is 0 Å². The SMILES string of the molecule is CNc1ccc(Oc2ccnc(-c3nc(-c4ccccc4)c(C)[nH]3)c2)cc1[N+](=O)[O-]. The van der Waals surface area contributed by atoms with E-state index in [1.54, 1.807) is 37.5 Å². The molecule has 0 saturated heterocycles. The van der Waals surface area contributed by atoms with Crippen molar-refractivity contribution in [3.63, 3.8) is 0 Å². The fourth-order valence-corrected chi connectivity index (χ4v) is 3.14. The number of aryl methyl sites for hydroxylation is 1. The number of rotatable bonds is 6. The number of nitrogens with one attached hydrogen (secondary N) is 2. The van der Waals surface area contributed by atoms with Crippen molar-refractivity contribution in [3.8, 4) is 34.3 Å². The topological polar surface area (TPSA) is 106 Å². The number of nitrogens with zero attached hydrogens (tertiary/aromatic N) is 3. The van der Waals surface area contributed by atoms with Gasteiger partial charge in [-0.2, -0.15) is 0 Å². The first-order chi connectivity index (χ1) is 14.5. The minimum absolute atomic E-state index is 0.0570. The molecule has 0 aliphatic rings. The van der Waals surface area contributed by atoms with E-state index in [2.05, 4.69) is 20.3 Å². The van der Waals surface area contributed by atoms with E-state index in [4.69, 9.17) is 4.74 Å². The first kappa shape index (κ1) is 19.1. The highest BCUT2D eigenvalue weighted by molar-refractivity contribution is 5.67. The predicted octanol–water partition coefficient (Wildman–Crippen LogP) is 5.19. The number of hydrogen-bond acceptors (Lipinski definition) is 6. The Morgan fingerprint density at radius 2 is 1.83 bits per heavy atom. The summed E-state index contributed by atoms with van der Waals surface area (Å²) < 4.78 is 5.84. The maximum absolute atomic E-state index is 11.3. The summed E-state index contributed by atoms with van der Waals surface area (Å²) in [6.07, 6.45) is 1.61. The van der Waals surface area contributed by atoms with Gasteiger partial charge in [-0.25, -0.2) is 4.98 Å². The van der Waals surface area contributed by atoms with Crippen LogP contribution in [0.3, 0.4) is 0 Å². The number of nitro groups is 1. The van der Waals surface area contributed by atoms with Crippen LogP contribution < -0.4 is 10.1 Å². The number of nitro benzene ring substituents is 1. The Bertz CT molecular complexity index is 1200. The molecule has 2 heterocycles. The van der Waals surface area contributed by atoms with Gasteiger partial charge in [0.25, 0.3) is 5.69 Å². The monoisotopic (exact) mass is 401 g/mol. The average Bonchev–Trinajstić information content (AvgIpc) is 3.16. The molecule has 0 spiro atoms. The molecule has 4 rings (SSSR count). The van der Waals surface area contributed by atoms with E-state index in [0.29, 0.717) is 28.7 Å². The molecule has 0 aliphatic heterocycles. The Balaban J connectivity index is 1.63. The lowest BCUT2D eigenvalue weighted by Gasteiger charge is -2.08. The predicted molar refractivity (Wildman–Crippen MR) is 115 cm³/mol. The molecule has 8 heteroatoms. The van der Waals surface area contributed by atoms with E-state index < -0.39 is 4.92 Å². The molecule has 2 N–H and O–H groups in total. The van der Waals surface area contributed by atoms with Gasteiger partial charge in [-0.3, -0.25) is 15.1 Å². The summed E-state index contributed by atoms with van der Waals surface area (Å²) in [5.74, 6) is 1.48. The second-order valence-corrected chi connectivity index (χ2v) is 6.59. The van der Waals surface area contributed by atoms with Gasteiger partial charge in [0.1, 0.15) is 22.9 Å². The average molecular weight is 401 g/mol. The van der Waals surface area contributed by atoms with Crippen molar-refractivity contribution < 1.29 is 9.66 Å². The molecule has 2 aromatic carbocycles. The Morgan fingerprint density at radius 1 is 1.07 bits per heavy atom. The van der Waals surface area contributed by atoms with Gasteiger partial charge in [0.05, 0.1) is 16.7 Å². The van der Waals surface area contributed by atoms with Crippen LogP contribution in [0.15, 0.2) is 66.9 Å². The molecule has 0 radical (unpaired) electrons. The fourth-order valence-electron chi connectivity index (χ4n) is 3.14. The number of aromatic amines is 1. The second kappa shape index (κ2) is 8.04. The summed E-state index contributed by atoms with van der Waals surface area (Å²) in [5, 5.41) is 14.1. The van der Waals surface area contributed by atoms with Crippen LogP contribution in [0.5, 0.6) is 11.5 Å². The number of anilines is 1. The molecule has 0 saturated carbocycles. The van der Waals surface area contributed by atoms with Crippen LogP contribution in [-0.2, 0) is 0 Å². The third-order valence-electron chi connectivity index (χ3n) is 4.58. The zero-order chi connectivity index (χ0) is 21.1. The van der Waals surface area contributed by atoms with Crippen molar-refractivity contribution in [2.24, 2.45) is 0 Å². The van der Waals surface area contributed by atoms with Gasteiger partial charge in [0.15, 0.2) is 5.82 Å². The largest absolute Gasteiger partial charge is 0.457 e. The van der Waals surface area contributed by atoms with Crippen LogP contribution in [0, 0.1) is 17.0 Å². The number of pyridine rings is 1. The number of ether oxygens (including phenoxy) is 1. The Hall–Kier alpha value is -4.20. The summed E-state index contributed by atoms with van der Waals surface area (Å²) in [6.45, 7) is 1.96. The minimum atomic E-state index is -0.451. The summed E-state index contributed by atoms with van der Waals surface area (Å²) in [6, 6.07) is 18.0. The van der Waals surface area contributed by atoms with Crippen molar-refractivity contribution in [2.45, 2.75) is 6.92 Å². The lowest BCUT2D eigenvalue weighted by molar-refractivity contribution is -0.384. The first-order valence-corrected chi connectivity index (χ1v) is 9.27. The molecule has 30 heavy (non-hydrogen) atoms. The van der Waals surface area contributed by atoms with E-state index in [0.717, 1.165) is 17.0 Å². The van der Waals surface area contributed by atoms with Crippen LogP contribution >= 0.6 is 0 Å². The molecule has 0 aliphatic carbocycles. The molecule has 0 unspecified atom stereocenters. The first-order valence-electron chi connectivity index (χ1n) is 9.27. The molecule has 8 nitrogen and oxygen atoms in total. The van der Waals surface area contributed by atoms with E-state index in [9.17, 15) is 10.1 Å². The van der Waals surface area contributed by atoms with Crippen molar-refractivity contribution in [2.75, 3.05) is 12.4 Å². The van der Waals surface area contributed by atoms with Crippen LogP contribution in [-0.4, -0.2) is 26.9 Å². The Kier molecular flexibility index (Phi) is 5.13. The molecule has 0 amide bonds.